The third kappa shape index (κ3) is 3.65. The maximum atomic E-state index is 12.3. The van der Waals surface area contributed by atoms with Gasteiger partial charge in [0.2, 0.25) is 0 Å². The van der Waals surface area contributed by atoms with E-state index in [9.17, 15) is 9.13 Å². The standard InChI is InChI=1S/C6H12N3OP.C6H18N3OP/c10-11(7-1-2-7,8-3-4-8)9-5-6-9;1-7(2)11(10,8(3)4)9(5)6/h1-6H2;1-6H3. The molecular weight excluding hydrogens is 322 g/mol. The van der Waals surface area contributed by atoms with Gasteiger partial charge in [-0.2, -0.15) is 0 Å². The summed E-state index contributed by atoms with van der Waals surface area (Å²) in [6, 6.07) is 0. The third-order valence-electron chi connectivity index (χ3n) is 3.94. The van der Waals surface area contributed by atoms with E-state index in [1.807, 2.05) is 42.3 Å². The minimum atomic E-state index is -2.44. The van der Waals surface area contributed by atoms with Crippen molar-refractivity contribution in [1.29, 1.82) is 0 Å². The molecule has 0 atom stereocenters. The summed E-state index contributed by atoms with van der Waals surface area (Å²) in [5.74, 6) is 0. The minimum absolute atomic E-state index is 1.05. The second-order valence-corrected chi connectivity index (χ2v) is 12.6. The van der Waals surface area contributed by atoms with Gasteiger partial charge in [-0.05, 0) is 42.3 Å². The average molecular weight is 352 g/mol. The molecule has 0 aromatic heterocycles. The lowest BCUT2D eigenvalue weighted by molar-refractivity contribution is 0.383. The van der Waals surface area contributed by atoms with Crippen molar-refractivity contribution in [2.24, 2.45) is 0 Å². The van der Waals surface area contributed by atoms with Gasteiger partial charge >= 0.3 is 0 Å². The molecule has 0 spiro atoms. The van der Waals surface area contributed by atoms with E-state index >= 15 is 0 Å². The average Bonchev–Trinajstić information content (AvgIpc) is 3.33. The van der Waals surface area contributed by atoms with Crippen molar-refractivity contribution in [2.75, 3.05) is 81.6 Å². The van der Waals surface area contributed by atoms with Crippen molar-refractivity contribution >= 4 is 15.2 Å². The zero-order chi connectivity index (χ0) is 16.7. The highest BCUT2D eigenvalue weighted by Gasteiger charge is 2.54. The van der Waals surface area contributed by atoms with Crippen LogP contribution in [0.2, 0.25) is 0 Å². The summed E-state index contributed by atoms with van der Waals surface area (Å²) >= 11 is 0. The first-order chi connectivity index (χ1) is 10.1. The molecule has 0 amide bonds. The number of hydrogen-bond acceptors (Lipinski definition) is 2. The zero-order valence-corrected chi connectivity index (χ0v) is 16.4. The molecule has 3 fully saturated rings. The summed E-state index contributed by atoms with van der Waals surface area (Å²) < 4.78 is 36.0. The van der Waals surface area contributed by atoms with Crippen LogP contribution >= 0.6 is 15.2 Å². The molecule has 3 saturated heterocycles. The largest absolute Gasteiger partial charge is 0.287 e. The van der Waals surface area contributed by atoms with E-state index in [2.05, 4.69) is 14.0 Å². The van der Waals surface area contributed by atoms with Crippen molar-refractivity contribution in [1.82, 2.24) is 28.0 Å². The second kappa shape index (κ2) is 6.61. The van der Waals surface area contributed by atoms with E-state index in [-0.39, 0.29) is 0 Å². The summed E-state index contributed by atoms with van der Waals surface area (Å²) in [6.07, 6.45) is 0. The van der Waals surface area contributed by atoms with Gasteiger partial charge in [0.05, 0.1) is 0 Å². The van der Waals surface area contributed by atoms with Gasteiger partial charge in [-0.15, -0.1) is 0 Å². The van der Waals surface area contributed by atoms with Crippen molar-refractivity contribution in [3.63, 3.8) is 0 Å². The SMILES string of the molecule is CN(C)P(=O)(N(C)C)N(C)C.O=P(N1CC1)(N1CC1)N1CC1. The van der Waals surface area contributed by atoms with Crippen molar-refractivity contribution in [3.8, 4) is 0 Å². The van der Waals surface area contributed by atoms with Gasteiger partial charge in [0.25, 0.3) is 15.2 Å². The molecule has 3 rings (SSSR count). The fourth-order valence-corrected chi connectivity index (χ4v) is 7.58. The predicted octanol–water partition coefficient (Wildman–Crippen LogP) is 0.821. The topological polar surface area (TPSA) is 52.9 Å². The lowest BCUT2D eigenvalue weighted by Crippen LogP contribution is -2.30. The summed E-state index contributed by atoms with van der Waals surface area (Å²) in [5.41, 5.74) is 0. The summed E-state index contributed by atoms with van der Waals surface area (Å²) in [4.78, 5) is 0. The number of nitrogens with zero attached hydrogens (tertiary/aromatic N) is 6. The Hall–Kier alpha value is 0.220. The van der Waals surface area contributed by atoms with E-state index in [1.165, 1.54) is 0 Å². The van der Waals surface area contributed by atoms with E-state index in [0.29, 0.717) is 0 Å². The van der Waals surface area contributed by atoms with Gasteiger partial charge in [-0.3, -0.25) is 9.13 Å². The molecule has 0 radical (unpaired) electrons. The Morgan fingerprint density at radius 2 is 0.818 bits per heavy atom. The molecule has 0 saturated carbocycles. The normalized spacial score (nSPS) is 23.0. The van der Waals surface area contributed by atoms with Gasteiger partial charge in [0.1, 0.15) is 0 Å². The van der Waals surface area contributed by atoms with E-state index in [0.717, 1.165) is 39.3 Å². The first kappa shape index (κ1) is 18.6. The molecule has 3 heterocycles. The van der Waals surface area contributed by atoms with Crippen molar-refractivity contribution in [2.45, 2.75) is 0 Å². The third-order valence-corrected chi connectivity index (χ3v) is 10.5. The zero-order valence-electron chi connectivity index (χ0n) is 14.6. The van der Waals surface area contributed by atoms with Gasteiger partial charge in [0, 0.05) is 39.3 Å². The molecule has 0 aromatic rings. The highest BCUT2D eigenvalue weighted by atomic mass is 31.2. The van der Waals surface area contributed by atoms with Crippen LogP contribution in [0.3, 0.4) is 0 Å². The van der Waals surface area contributed by atoms with Crippen LogP contribution in [0.25, 0.3) is 0 Å². The van der Waals surface area contributed by atoms with Crippen LogP contribution in [0, 0.1) is 0 Å². The Morgan fingerprint density at radius 1 is 0.591 bits per heavy atom. The monoisotopic (exact) mass is 352 g/mol. The Balaban J connectivity index is 0.000000160. The lowest BCUT2D eigenvalue weighted by Gasteiger charge is -2.34. The maximum Gasteiger partial charge on any atom is 0.287 e. The van der Waals surface area contributed by atoms with Crippen LogP contribution in [0.1, 0.15) is 0 Å². The molecule has 0 N–H and O–H groups in total. The molecule has 0 aliphatic carbocycles. The molecule has 10 heteroatoms. The van der Waals surface area contributed by atoms with Gasteiger partial charge in [-0.25, -0.2) is 28.0 Å². The van der Waals surface area contributed by atoms with Gasteiger partial charge in [0.15, 0.2) is 0 Å². The molecule has 0 aromatic carbocycles. The quantitative estimate of drug-likeness (QED) is 0.515. The Kier molecular flexibility index (Phi) is 5.58. The smallest absolute Gasteiger partial charge is 0.270 e. The molecule has 130 valence electrons. The molecule has 3 aliphatic rings. The molecule has 3 aliphatic heterocycles. The highest BCUT2D eigenvalue weighted by Crippen LogP contribution is 2.65. The van der Waals surface area contributed by atoms with Gasteiger partial charge < -0.3 is 0 Å². The van der Waals surface area contributed by atoms with E-state index in [1.54, 1.807) is 14.0 Å². The number of rotatable bonds is 6. The predicted molar refractivity (Wildman–Crippen MR) is 91.0 cm³/mol. The van der Waals surface area contributed by atoms with Crippen LogP contribution < -0.4 is 0 Å². The first-order valence-electron chi connectivity index (χ1n) is 7.65. The molecule has 22 heavy (non-hydrogen) atoms. The van der Waals surface area contributed by atoms with E-state index < -0.39 is 15.2 Å². The Bertz CT molecular complexity index is 399. The molecule has 8 nitrogen and oxygen atoms in total. The highest BCUT2D eigenvalue weighted by molar-refractivity contribution is 7.57. The second-order valence-electron chi connectivity index (χ2n) is 6.43. The maximum absolute atomic E-state index is 12.3. The van der Waals surface area contributed by atoms with Crippen LogP contribution in [-0.4, -0.2) is 110 Å². The van der Waals surface area contributed by atoms with Crippen LogP contribution in [0.5, 0.6) is 0 Å². The first-order valence-corrected chi connectivity index (χ1v) is 10.8. The minimum Gasteiger partial charge on any atom is -0.270 e. The van der Waals surface area contributed by atoms with Crippen molar-refractivity contribution < 1.29 is 9.13 Å². The van der Waals surface area contributed by atoms with Crippen LogP contribution in [0.4, 0.5) is 0 Å². The van der Waals surface area contributed by atoms with Crippen LogP contribution in [-0.2, 0) is 9.13 Å². The van der Waals surface area contributed by atoms with Gasteiger partial charge in [-0.1, -0.05) is 0 Å². The lowest BCUT2D eigenvalue weighted by atomic mass is 11.0. The van der Waals surface area contributed by atoms with Crippen molar-refractivity contribution in [3.05, 3.63) is 0 Å². The summed E-state index contributed by atoms with van der Waals surface area (Å²) in [6.45, 7) is 6.28. The van der Waals surface area contributed by atoms with E-state index in [4.69, 9.17) is 0 Å². The van der Waals surface area contributed by atoms with Crippen LogP contribution in [0.15, 0.2) is 0 Å². The molecule has 0 unspecified atom stereocenters. The Morgan fingerprint density at radius 3 is 0.909 bits per heavy atom. The fourth-order valence-electron chi connectivity index (χ4n) is 2.53. The summed E-state index contributed by atoms with van der Waals surface area (Å²) in [5, 5.41) is 0. The Labute approximate surface area is 134 Å². The fraction of sp³-hybridized carbons (Fsp3) is 1.00. The molecule has 0 bridgehead atoms. The number of hydrogen-bond donors (Lipinski definition) is 0. The summed E-state index contributed by atoms with van der Waals surface area (Å²) in [7, 11) is 6.38. The molecular formula is C12H30N6O2P2.